The molecule has 1 fully saturated rings. The van der Waals surface area contributed by atoms with Crippen LogP contribution in [0.25, 0.3) is 10.4 Å². The highest BCUT2D eigenvalue weighted by molar-refractivity contribution is 4.81. The van der Waals surface area contributed by atoms with E-state index in [9.17, 15) is 0 Å². The molecular formula is C5H9N3. The normalized spacial score (nSPS) is 35.1. The van der Waals surface area contributed by atoms with Crippen LogP contribution in [0.3, 0.4) is 0 Å². The molecule has 1 aliphatic carbocycles. The van der Waals surface area contributed by atoms with Crippen molar-refractivity contribution in [3.63, 3.8) is 0 Å². The lowest BCUT2D eigenvalue weighted by Crippen LogP contribution is -2.23. The van der Waals surface area contributed by atoms with Crippen LogP contribution in [0.1, 0.15) is 19.8 Å². The fourth-order valence-corrected chi connectivity index (χ4v) is 1.03. The number of azide groups is 1. The van der Waals surface area contributed by atoms with Crippen molar-refractivity contribution in [2.24, 2.45) is 11.0 Å². The van der Waals surface area contributed by atoms with Crippen LogP contribution in [0.15, 0.2) is 5.11 Å². The molecule has 0 radical (unpaired) electrons. The van der Waals surface area contributed by atoms with E-state index in [1.807, 2.05) is 0 Å². The summed E-state index contributed by atoms with van der Waals surface area (Å²) < 4.78 is 0. The smallest absolute Gasteiger partial charge is 0.0379 e. The largest absolute Gasteiger partial charge is 0.0906 e. The molecule has 0 bridgehead atoms. The summed E-state index contributed by atoms with van der Waals surface area (Å²) in [5, 5.41) is 3.56. The second kappa shape index (κ2) is 2.05. The Hall–Kier alpha value is -0.690. The van der Waals surface area contributed by atoms with Gasteiger partial charge in [-0.15, -0.1) is 0 Å². The Bertz CT molecular complexity index is 120. The Balaban J connectivity index is 2.25. The van der Waals surface area contributed by atoms with Crippen LogP contribution < -0.4 is 0 Å². The lowest BCUT2D eigenvalue weighted by atomic mass is 9.83. The Morgan fingerprint density at radius 1 is 1.62 bits per heavy atom. The van der Waals surface area contributed by atoms with Gasteiger partial charge in [-0.2, -0.15) is 0 Å². The van der Waals surface area contributed by atoms with Crippen molar-refractivity contribution in [1.29, 1.82) is 0 Å². The Morgan fingerprint density at radius 3 is 2.62 bits per heavy atom. The van der Waals surface area contributed by atoms with Crippen molar-refractivity contribution in [2.75, 3.05) is 0 Å². The molecule has 1 aliphatic rings. The highest BCUT2D eigenvalue weighted by atomic mass is 15.2. The molecule has 0 heterocycles. The van der Waals surface area contributed by atoms with Gasteiger partial charge in [0.2, 0.25) is 0 Å². The minimum absolute atomic E-state index is 0.315. The van der Waals surface area contributed by atoms with Crippen molar-refractivity contribution >= 4 is 0 Å². The summed E-state index contributed by atoms with van der Waals surface area (Å²) in [5.74, 6) is 0.783. The van der Waals surface area contributed by atoms with Crippen LogP contribution in [-0.4, -0.2) is 6.04 Å². The summed E-state index contributed by atoms with van der Waals surface area (Å²) in [6.45, 7) is 2.17. The average molecular weight is 111 g/mol. The molecule has 0 saturated heterocycles. The number of hydrogen-bond acceptors (Lipinski definition) is 1. The molecule has 0 aromatic rings. The number of hydrogen-bond donors (Lipinski definition) is 0. The first kappa shape index (κ1) is 5.45. The summed E-state index contributed by atoms with van der Waals surface area (Å²) in [6, 6.07) is 0.315. The van der Waals surface area contributed by atoms with Gasteiger partial charge >= 0.3 is 0 Å². The molecule has 3 heteroatoms. The first-order chi connectivity index (χ1) is 3.83. The third-order valence-corrected chi connectivity index (χ3v) is 1.56. The molecule has 0 aliphatic heterocycles. The van der Waals surface area contributed by atoms with Gasteiger partial charge in [0.1, 0.15) is 0 Å². The van der Waals surface area contributed by atoms with Gasteiger partial charge in [-0.25, -0.2) is 0 Å². The Kier molecular flexibility index (Phi) is 1.40. The molecule has 0 unspecified atom stereocenters. The predicted molar refractivity (Wildman–Crippen MR) is 31.3 cm³/mol. The molecule has 8 heavy (non-hydrogen) atoms. The summed E-state index contributed by atoms with van der Waals surface area (Å²) in [4.78, 5) is 2.72. The van der Waals surface area contributed by atoms with Gasteiger partial charge in [0, 0.05) is 11.0 Å². The van der Waals surface area contributed by atoms with Crippen LogP contribution in [-0.2, 0) is 0 Å². The van der Waals surface area contributed by atoms with Crippen molar-refractivity contribution in [3.8, 4) is 0 Å². The van der Waals surface area contributed by atoms with E-state index in [0.29, 0.717) is 6.04 Å². The number of rotatable bonds is 1. The average Bonchev–Trinajstić information content (AvgIpc) is 1.64. The lowest BCUT2D eigenvalue weighted by Gasteiger charge is -2.28. The van der Waals surface area contributed by atoms with Crippen LogP contribution in [0.5, 0.6) is 0 Å². The van der Waals surface area contributed by atoms with E-state index in [4.69, 9.17) is 5.53 Å². The standard InChI is InChI=1S/C5H9N3/c1-4-2-5(3-4)7-8-6/h4-5H,2-3H2,1H3/t4-,5-. The zero-order chi connectivity index (χ0) is 5.98. The molecule has 3 nitrogen and oxygen atoms in total. The first-order valence-corrected chi connectivity index (χ1v) is 2.87. The van der Waals surface area contributed by atoms with E-state index in [-0.39, 0.29) is 0 Å². The molecule has 0 aromatic carbocycles. The zero-order valence-electron chi connectivity index (χ0n) is 4.91. The molecular weight excluding hydrogens is 102 g/mol. The molecule has 0 N–H and O–H groups in total. The van der Waals surface area contributed by atoms with Crippen LogP contribution in [0.4, 0.5) is 0 Å². The summed E-state index contributed by atoms with van der Waals surface area (Å²) in [7, 11) is 0. The van der Waals surface area contributed by atoms with Crippen molar-refractivity contribution in [2.45, 2.75) is 25.8 Å². The quantitative estimate of drug-likeness (QED) is 0.282. The lowest BCUT2D eigenvalue weighted by molar-refractivity contribution is 0.290. The summed E-state index contributed by atoms with van der Waals surface area (Å²) in [5.41, 5.74) is 7.95. The fraction of sp³-hybridized carbons (Fsp3) is 1.00. The number of nitrogens with zero attached hydrogens (tertiary/aromatic N) is 3. The van der Waals surface area contributed by atoms with E-state index in [2.05, 4.69) is 16.9 Å². The second-order valence-electron chi connectivity index (χ2n) is 2.44. The van der Waals surface area contributed by atoms with Crippen LogP contribution >= 0.6 is 0 Å². The van der Waals surface area contributed by atoms with Gasteiger partial charge in [0.05, 0.1) is 0 Å². The third-order valence-electron chi connectivity index (χ3n) is 1.56. The molecule has 0 amide bonds. The van der Waals surface area contributed by atoms with E-state index in [1.165, 1.54) is 0 Å². The molecule has 0 atom stereocenters. The monoisotopic (exact) mass is 111 g/mol. The maximum absolute atomic E-state index is 7.95. The third kappa shape index (κ3) is 0.928. The highest BCUT2D eigenvalue weighted by Crippen LogP contribution is 2.28. The molecule has 1 saturated carbocycles. The molecule has 0 spiro atoms. The van der Waals surface area contributed by atoms with Gasteiger partial charge in [-0.1, -0.05) is 12.0 Å². The van der Waals surface area contributed by atoms with Gasteiger partial charge in [-0.3, -0.25) is 0 Å². The van der Waals surface area contributed by atoms with Crippen molar-refractivity contribution in [3.05, 3.63) is 10.4 Å². The topological polar surface area (TPSA) is 48.8 Å². The van der Waals surface area contributed by atoms with Crippen LogP contribution in [0, 0.1) is 5.92 Å². The molecule has 44 valence electrons. The van der Waals surface area contributed by atoms with E-state index in [0.717, 1.165) is 18.8 Å². The second-order valence-corrected chi connectivity index (χ2v) is 2.44. The maximum atomic E-state index is 7.95. The SMILES string of the molecule is C[C@H]1C[C@H](N=[N+]=[N-])C1. The van der Waals surface area contributed by atoms with E-state index < -0.39 is 0 Å². The Labute approximate surface area is 48.3 Å². The van der Waals surface area contributed by atoms with E-state index in [1.54, 1.807) is 0 Å². The highest BCUT2D eigenvalue weighted by Gasteiger charge is 2.23. The zero-order valence-corrected chi connectivity index (χ0v) is 4.91. The predicted octanol–water partition coefficient (Wildman–Crippen LogP) is 2.10. The van der Waals surface area contributed by atoms with Gasteiger partial charge in [0.25, 0.3) is 0 Å². The first-order valence-electron chi connectivity index (χ1n) is 2.87. The van der Waals surface area contributed by atoms with Gasteiger partial charge < -0.3 is 0 Å². The minimum atomic E-state index is 0.315. The maximum Gasteiger partial charge on any atom is 0.0379 e. The minimum Gasteiger partial charge on any atom is -0.0906 e. The van der Waals surface area contributed by atoms with E-state index >= 15 is 0 Å². The van der Waals surface area contributed by atoms with Crippen LogP contribution in [0.2, 0.25) is 0 Å². The Morgan fingerprint density at radius 2 is 2.25 bits per heavy atom. The fourth-order valence-electron chi connectivity index (χ4n) is 1.03. The molecule has 0 aromatic heterocycles. The van der Waals surface area contributed by atoms with Crippen molar-refractivity contribution < 1.29 is 0 Å². The summed E-state index contributed by atoms with van der Waals surface area (Å²) >= 11 is 0. The van der Waals surface area contributed by atoms with Gasteiger partial charge in [-0.05, 0) is 24.3 Å². The molecule has 1 rings (SSSR count). The summed E-state index contributed by atoms with van der Waals surface area (Å²) in [6.07, 6.45) is 2.17. The van der Waals surface area contributed by atoms with Gasteiger partial charge in [0.15, 0.2) is 0 Å². The van der Waals surface area contributed by atoms with Crippen molar-refractivity contribution in [1.82, 2.24) is 0 Å².